The molecule has 1 heterocycles. The lowest BCUT2D eigenvalue weighted by Gasteiger charge is -2.18. The van der Waals surface area contributed by atoms with Crippen molar-refractivity contribution >= 4 is 11.8 Å². The SMILES string of the molecule is O=C1CCC2COC(=O)C2C1. The Morgan fingerprint density at radius 1 is 1.36 bits per heavy atom. The summed E-state index contributed by atoms with van der Waals surface area (Å²) < 4.78 is 4.86. The van der Waals surface area contributed by atoms with Gasteiger partial charge >= 0.3 is 5.97 Å². The quantitative estimate of drug-likeness (QED) is 0.478. The number of fused-ring (bicyclic) bond motifs is 1. The lowest BCUT2D eigenvalue weighted by Crippen LogP contribution is -2.25. The van der Waals surface area contributed by atoms with Crippen molar-refractivity contribution in [3.8, 4) is 0 Å². The van der Waals surface area contributed by atoms with E-state index in [1.165, 1.54) is 0 Å². The van der Waals surface area contributed by atoms with Crippen LogP contribution in [0.4, 0.5) is 0 Å². The number of cyclic esters (lactones) is 1. The number of rotatable bonds is 0. The molecule has 0 N–H and O–H groups in total. The van der Waals surface area contributed by atoms with Crippen LogP contribution in [0, 0.1) is 11.8 Å². The fourth-order valence-electron chi connectivity index (χ4n) is 1.83. The number of ketones is 1. The summed E-state index contributed by atoms with van der Waals surface area (Å²) in [4.78, 5) is 21.9. The van der Waals surface area contributed by atoms with Gasteiger partial charge in [-0.1, -0.05) is 0 Å². The number of hydrogen-bond acceptors (Lipinski definition) is 3. The minimum atomic E-state index is -0.164. The molecule has 3 nitrogen and oxygen atoms in total. The van der Waals surface area contributed by atoms with Gasteiger partial charge in [-0.15, -0.1) is 0 Å². The third-order valence-electron chi connectivity index (χ3n) is 2.55. The van der Waals surface area contributed by atoms with Crippen LogP contribution in [0.3, 0.4) is 0 Å². The normalized spacial score (nSPS) is 36.7. The summed E-state index contributed by atoms with van der Waals surface area (Å²) in [5.41, 5.74) is 0. The largest absolute Gasteiger partial charge is 0.465 e. The minimum Gasteiger partial charge on any atom is -0.465 e. The van der Waals surface area contributed by atoms with Crippen LogP contribution in [0.25, 0.3) is 0 Å². The summed E-state index contributed by atoms with van der Waals surface area (Å²) in [6.07, 6.45) is 1.90. The Morgan fingerprint density at radius 2 is 2.18 bits per heavy atom. The van der Waals surface area contributed by atoms with Gasteiger partial charge in [-0.05, 0) is 6.42 Å². The van der Waals surface area contributed by atoms with Crippen LogP contribution in [-0.4, -0.2) is 18.4 Å². The van der Waals surface area contributed by atoms with Crippen molar-refractivity contribution in [1.82, 2.24) is 0 Å². The minimum absolute atomic E-state index is 0.101. The molecule has 2 aliphatic rings. The van der Waals surface area contributed by atoms with Crippen molar-refractivity contribution in [2.45, 2.75) is 19.3 Å². The Hall–Kier alpha value is -0.860. The zero-order valence-corrected chi connectivity index (χ0v) is 6.21. The number of esters is 1. The molecule has 1 saturated heterocycles. The van der Waals surface area contributed by atoms with Gasteiger partial charge in [-0.2, -0.15) is 0 Å². The van der Waals surface area contributed by atoms with Crippen molar-refractivity contribution < 1.29 is 14.3 Å². The summed E-state index contributed by atoms with van der Waals surface area (Å²) >= 11 is 0. The second-order valence-electron chi connectivity index (χ2n) is 3.28. The van der Waals surface area contributed by atoms with Crippen LogP contribution >= 0.6 is 0 Å². The van der Waals surface area contributed by atoms with Gasteiger partial charge in [0, 0.05) is 18.8 Å². The van der Waals surface area contributed by atoms with E-state index in [-0.39, 0.29) is 17.7 Å². The molecule has 60 valence electrons. The van der Waals surface area contributed by atoms with E-state index in [0.29, 0.717) is 25.4 Å². The molecule has 0 radical (unpaired) electrons. The first kappa shape index (κ1) is 6.83. The number of carbonyl (C=O) groups is 2. The summed E-state index contributed by atoms with van der Waals surface area (Å²) in [5, 5.41) is 0. The summed E-state index contributed by atoms with van der Waals surface area (Å²) in [6, 6.07) is 0. The molecule has 1 aliphatic carbocycles. The highest BCUT2D eigenvalue weighted by Crippen LogP contribution is 2.33. The van der Waals surface area contributed by atoms with Crippen molar-refractivity contribution in [3.05, 3.63) is 0 Å². The molecule has 0 spiro atoms. The van der Waals surface area contributed by atoms with Crippen molar-refractivity contribution in [3.63, 3.8) is 0 Å². The molecule has 3 heteroatoms. The average Bonchev–Trinajstić information content (AvgIpc) is 2.33. The van der Waals surface area contributed by atoms with Gasteiger partial charge in [-0.3, -0.25) is 9.59 Å². The van der Waals surface area contributed by atoms with Crippen molar-refractivity contribution in [1.29, 1.82) is 0 Å². The molecule has 1 aliphatic heterocycles. The fourth-order valence-corrected chi connectivity index (χ4v) is 1.83. The van der Waals surface area contributed by atoms with E-state index in [1.807, 2.05) is 0 Å². The molecule has 11 heavy (non-hydrogen) atoms. The monoisotopic (exact) mass is 154 g/mol. The van der Waals surface area contributed by atoms with Crippen LogP contribution in [0.5, 0.6) is 0 Å². The third kappa shape index (κ3) is 1.04. The summed E-state index contributed by atoms with van der Waals surface area (Å²) in [6.45, 7) is 0.538. The number of hydrogen-bond donors (Lipinski definition) is 0. The first-order valence-corrected chi connectivity index (χ1v) is 3.95. The van der Waals surface area contributed by atoms with Crippen molar-refractivity contribution in [2.24, 2.45) is 11.8 Å². The molecule has 1 saturated carbocycles. The first-order valence-electron chi connectivity index (χ1n) is 3.95. The number of Topliss-reactive ketones (excluding diaryl/α,β-unsaturated/α-hetero) is 1. The molecule has 0 amide bonds. The number of carbonyl (C=O) groups excluding carboxylic acids is 2. The van der Waals surface area contributed by atoms with E-state index in [1.54, 1.807) is 0 Å². The Morgan fingerprint density at radius 3 is 3.00 bits per heavy atom. The van der Waals surface area contributed by atoms with E-state index < -0.39 is 0 Å². The van der Waals surface area contributed by atoms with Gasteiger partial charge in [0.25, 0.3) is 0 Å². The van der Waals surface area contributed by atoms with E-state index in [2.05, 4.69) is 0 Å². The summed E-state index contributed by atoms with van der Waals surface area (Å²) in [5.74, 6) is 0.282. The van der Waals surface area contributed by atoms with Gasteiger partial charge in [-0.25, -0.2) is 0 Å². The molecule has 0 aromatic rings. The molecule has 0 aromatic heterocycles. The molecule has 2 unspecified atom stereocenters. The maximum Gasteiger partial charge on any atom is 0.309 e. The smallest absolute Gasteiger partial charge is 0.309 e. The standard InChI is InChI=1S/C8H10O3/c9-6-2-1-5-4-11-8(10)7(5)3-6/h5,7H,1-4H2. The van der Waals surface area contributed by atoms with Crippen molar-refractivity contribution in [2.75, 3.05) is 6.61 Å². The van der Waals surface area contributed by atoms with E-state index in [9.17, 15) is 9.59 Å². The van der Waals surface area contributed by atoms with Crippen LogP contribution < -0.4 is 0 Å². The molecule has 2 fully saturated rings. The fraction of sp³-hybridized carbons (Fsp3) is 0.750. The molecule has 0 bridgehead atoms. The summed E-state index contributed by atoms with van der Waals surface area (Å²) in [7, 11) is 0. The van der Waals surface area contributed by atoms with E-state index in [4.69, 9.17) is 4.74 Å². The van der Waals surface area contributed by atoms with Crippen LogP contribution in [0.2, 0.25) is 0 Å². The first-order chi connectivity index (χ1) is 5.27. The lowest BCUT2D eigenvalue weighted by molar-refractivity contribution is -0.143. The van der Waals surface area contributed by atoms with Crippen LogP contribution in [0.1, 0.15) is 19.3 Å². The molecular weight excluding hydrogens is 144 g/mol. The number of ether oxygens (including phenoxy) is 1. The average molecular weight is 154 g/mol. The van der Waals surface area contributed by atoms with Gasteiger partial charge < -0.3 is 4.74 Å². The Kier molecular flexibility index (Phi) is 1.44. The highest BCUT2D eigenvalue weighted by atomic mass is 16.5. The predicted molar refractivity (Wildman–Crippen MR) is 36.8 cm³/mol. The van der Waals surface area contributed by atoms with Gasteiger partial charge in [0.15, 0.2) is 0 Å². The lowest BCUT2D eigenvalue weighted by atomic mass is 9.81. The topological polar surface area (TPSA) is 43.4 Å². The van der Waals surface area contributed by atoms with E-state index >= 15 is 0 Å². The third-order valence-corrected chi connectivity index (χ3v) is 2.55. The molecule has 0 aromatic carbocycles. The Bertz CT molecular complexity index is 209. The van der Waals surface area contributed by atoms with Gasteiger partial charge in [0.1, 0.15) is 5.78 Å². The van der Waals surface area contributed by atoms with Crippen LogP contribution in [0.15, 0.2) is 0 Å². The molecule has 2 atom stereocenters. The van der Waals surface area contributed by atoms with Gasteiger partial charge in [0.05, 0.1) is 12.5 Å². The van der Waals surface area contributed by atoms with E-state index in [0.717, 1.165) is 6.42 Å². The second-order valence-corrected chi connectivity index (χ2v) is 3.28. The Balaban J connectivity index is 2.13. The maximum absolute atomic E-state index is 11.0. The zero-order valence-electron chi connectivity index (χ0n) is 6.21. The second kappa shape index (κ2) is 2.32. The molecule has 2 rings (SSSR count). The van der Waals surface area contributed by atoms with Gasteiger partial charge in [0.2, 0.25) is 0 Å². The Labute approximate surface area is 64.7 Å². The maximum atomic E-state index is 11.0. The zero-order chi connectivity index (χ0) is 7.84. The highest BCUT2D eigenvalue weighted by Gasteiger charge is 2.40. The predicted octanol–water partition coefficient (Wildman–Crippen LogP) is 0.529. The highest BCUT2D eigenvalue weighted by molar-refractivity contribution is 5.86. The molecular formula is C8H10O3. The van der Waals surface area contributed by atoms with Crippen LogP contribution in [-0.2, 0) is 14.3 Å².